The third-order valence-electron chi connectivity index (χ3n) is 22.3. The predicted molar refractivity (Wildman–Crippen MR) is 528 cm³/mol. The number of alkyl halides is 5. The van der Waals surface area contributed by atoms with Crippen LogP contribution in [-0.2, 0) is 42.6 Å². The molecule has 0 radical (unpaired) electrons. The summed E-state index contributed by atoms with van der Waals surface area (Å²) in [5.41, 5.74) is -1.21. The number of aliphatic hydroxyl groups excluding tert-OH is 1. The Hall–Kier alpha value is -1.23. The normalized spacial score (nSPS) is 25.7. The number of hydrogen-bond donors (Lipinski definition) is 1. The second-order valence-electron chi connectivity index (χ2n) is 44.9. The van der Waals surface area contributed by atoms with Crippen LogP contribution in [0.4, 0.5) is 22.0 Å². The summed E-state index contributed by atoms with van der Waals surface area (Å²) in [6, 6.07) is 2.85. The minimum absolute atomic E-state index is 0.00407. The summed E-state index contributed by atoms with van der Waals surface area (Å²) in [5.74, 6) is 0.956. The zero-order chi connectivity index (χ0) is 98.7. The van der Waals surface area contributed by atoms with E-state index in [0.717, 1.165) is 96.2 Å². The quantitative estimate of drug-likeness (QED) is 0.0615. The Labute approximate surface area is 782 Å². The van der Waals surface area contributed by atoms with Crippen LogP contribution in [0.15, 0.2) is 0 Å². The number of aliphatic hydroxyl groups is 1. The second-order valence-corrected chi connectivity index (χ2v) is 44.9. The maximum atomic E-state index is 13.0. The van der Waals surface area contributed by atoms with Crippen LogP contribution in [0.1, 0.15) is 252 Å². The minimum Gasteiger partial charge on any atom is -0.393 e. The van der Waals surface area contributed by atoms with Crippen molar-refractivity contribution in [1.82, 2.24) is 58.8 Å². The van der Waals surface area contributed by atoms with Gasteiger partial charge in [-0.1, -0.05) is 27.2 Å². The summed E-state index contributed by atoms with van der Waals surface area (Å²) in [6.07, 6.45) is 6.78. The number of rotatable bonds is 27. The molecule has 1 N–H and O–H groups in total. The maximum Gasteiger partial charge on any atom is 0.245 e. The topological polar surface area (TPSA) is 142 Å². The number of likely N-dealkylation sites (tertiary alicyclic amines) is 9. The molecule has 0 amide bonds. The van der Waals surface area contributed by atoms with Crippen LogP contribution in [0.2, 0.25) is 0 Å². The van der Waals surface area contributed by atoms with Crippen molar-refractivity contribution in [1.29, 1.82) is 0 Å². The molecule has 9 aliphatic heterocycles. The van der Waals surface area contributed by atoms with Gasteiger partial charge in [-0.15, -0.1) is 0 Å². The van der Waals surface area contributed by atoms with Gasteiger partial charge in [-0.3, -0.25) is 4.90 Å². The zero-order valence-corrected chi connectivity index (χ0v) is 90.8. The van der Waals surface area contributed by atoms with E-state index in [2.05, 4.69) is 274 Å². The number of ether oxygens (including phenoxy) is 9. The molecule has 9 rings (SSSR count). The van der Waals surface area contributed by atoms with E-state index in [1.54, 1.807) is 0 Å². The van der Waals surface area contributed by atoms with Crippen LogP contribution in [0.25, 0.3) is 0 Å². The molecule has 9 saturated heterocycles. The molecule has 9 aliphatic rings. The molecule has 0 aromatic carbocycles. The fraction of sp³-hybridized carbons (Fsp3) is 1.00. The molecule has 127 heavy (non-hydrogen) atoms. The first-order valence-corrected chi connectivity index (χ1v) is 49.1. The van der Waals surface area contributed by atoms with Crippen molar-refractivity contribution in [3.05, 3.63) is 0 Å². The molecule has 768 valence electrons. The van der Waals surface area contributed by atoms with Gasteiger partial charge in [-0.25, -0.2) is 22.0 Å². The largest absolute Gasteiger partial charge is 0.393 e. The van der Waals surface area contributed by atoms with Gasteiger partial charge in [0, 0.05) is 116 Å². The fourth-order valence-electron chi connectivity index (χ4n) is 14.9. The van der Waals surface area contributed by atoms with Gasteiger partial charge in [0.05, 0.1) is 122 Å². The molecule has 0 aliphatic carbocycles. The highest BCUT2D eigenvalue weighted by Gasteiger charge is 2.41. The Bertz CT molecular complexity index is 2430. The van der Waals surface area contributed by atoms with E-state index in [1.165, 1.54) is 104 Å². The van der Waals surface area contributed by atoms with E-state index in [4.69, 9.17) is 47.7 Å². The molecule has 9 fully saturated rings. The van der Waals surface area contributed by atoms with Crippen LogP contribution in [0, 0.1) is 29.6 Å². The van der Waals surface area contributed by atoms with Crippen molar-refractivity contribution in [3.8, 4) is 0 Å². The summed E-state index contributed by atoms with van der Waals surface area (Å²) < 4.78 is 113. The predicted octanol–water partition coefficient (Wildman–Crippen LogP) is 16.7. The Morgan fingerprint density at radius 1 is 0.417 bits per heavy atom. The molecule has 0 aromatic rings. The Morgan fingerprint density at radius 2 is 0.780 bits per heavy atom. The van der Waals surface area contributed by atoms with Crippen LogP contribution in [0.5, 0.6) is 0 Å². The highest BCUT2D eigenvalue weighted by Crippen LogP contribution is 2.30. The number of hydrogen-bond acceptors (Lipinski definition) is 22. The summed E-state index contributed by atoms with van der Waals surface area (Å²) in [5, 5.41) is 8.54. The second kappa shape index (κ2) is 67.9. The molecular weight excluding hydrogens is 1620 g/mol. The molecule has 0 unspecified atom stereocenters. The van der Waals surface area contributed by atoms with Crippen molar-refractivity contribution >= 4 is 0 Å². The molecular formula is C100H213F5N12O10. The number of halogens is 5. The Kier molecular flexibility index (Phi) is 69.5. The van der Waals surface area contributed by atoms with Gasteiger partial charge in [0.1, 0.15) is 5.67 Å². The first-order chi connectivity index (χ1) is 58.2. The molecule has 11 atom stereocenters. The lowest BCUT2D eigenvalue weighted by molar-refractivity contribution is -0.0676. The Morgan fingerprint density at radius 3 is 1.03 bits per heavy atom. The molecule has 27 heteroatoms. The van der Waals surface area contributed by atoms with Gasteiger partial charge in [-0.2, -0.15) is 0 Å². The highest BCUT2D eigenvalue weighted by molar-refractivity contribution is 4.91. The van der Waals surface area contributed by atoms with E-state index < -0.39 is 30.4 Å². The van der Waals surface area contributed by atoms with Crippen LogP contribution in [-0.4, -0.2) is 440 Å². The third kappa shape index (κ3) is 72.8. The first kappa shape index (κ1) is 130. The van der Waals surface area contributed by atoms with Crippen molar-refractivity contribution in [2.24, 2.45) is 29.6 Å². The molecule has 0 saturated carbocycles. The van der Waals surface area contributed by atoms with E-state index >= 15 is 0 Å². The summed E-state index contributed by atoms with van der Waals surface area (Å²) in [7, 11) is 29.0. The van der Waals surface area contributed by atoms with Gasteiger partial charge < -0.3 is 102 Å². The molecule has 0 bridgehead atoms. The van der Waals surface area contributed by atoms with Crippen molar-refractivity contribution in [2.45, 2.75) is 365 Å². The van der Waals surface area contributed by atoms with Gasteiger partial charge in [0.25, 0.3) is 0 Å². The standard InChI is InChI=1S/5C10H21NO.2C9H17F2NO.C8H18N2.C8H19NO.C7H17NO.C6H12FNO.C3H8/c1-8-6-11(5)7-9(8)12-10(2,3)4;2*1-10(2,3)12-8-9-5-6-11(4)7-9;2*1-10(2,3)12-8-9-6-5-7-11(9)4;2*1-6(2)13-8-5-12(3)4-7(8)9(10)11;1-7(2)10-5-8(6-10)9(3)4;1-8(2)10-7-5-6-9(3)4;1-7(2)9-6-5-8(3)4;1-8-3-2-6(7,4-8)5-9;1-3-2/h8-9H,6-7H2,1-5H3;4*9H,5-8H2,1-4H3;2*6-9H,4-5H2,1-3H3;7-8H,5-6H2,1-4H3;8H,5-7H2,1-4H3;7H,5-6H2,1-4H3;9H,2-5H2,1H3;3H2,1-2H3/t8-,9-;4*9-;2*7-,8-;;;;6-;/m0101010...0./s1. The summed E-state index contributed by atoms with van der Waals surface area (Å²) in [6.45, 7) is 81.0. The van der Waals surface area contributed by atoms with Crippen molar-refractivity contribution < 1.29 is 69.7 Å². The minimum atomic E-state index is -2.27. The third-order valence-corrected chi connectivity index (χ3v) is 22.3. The molecule has 22 nitrogen and oxygen atoms in total. The molecule has 0 aromatic heterocycles. The van der Waals surface area contributed by atoms with Gasteiger partial charge >= 0.3 is 0 Å². The van der Waals surface area contributed by atoms with Crippen molar-refractivity contribution in [3.63, 3.8) is 0 Å². The van der Waals surface area contributed by atoms with Crippen LogP contribution in [0.3, 0.4) is 0 Å². The lowest BCUT2D eigenvalue weighted by Gasteiger charge is -2.45. The average Bonchev–Trinajstić information content (AvgIpc) is 1.81. The van der Waals surface area contributed by atoms with Crippen LogP contribution < -0.4 is 0 Å². The monoisotopic (exact) mass is 1840 g/mol. The van der Waals surface area contributed by atoms with E-state index in [0.29, 0.717) is 75.5 Å². The molecule has 9 heterocycles. The van der Waals surface area contributed by atoms with E-state index in [1.807, 2.05) is 77.6 Å². The number of likely N-dealkylation sites (N-methyl/N-ethyl adjacent to an activating group) is 7. The summed E-state index contributed by atoms with van der Waals surface area (Å²) >= 11 is 0. The molecule has 0 spiro atoms. The van der Waals surface area contributed by atoms with Crippen molar-refractivity contribution in [2.75, 3.05) is 263 Å². The van der Waals surface area contributed by atoms with Gasteiger partial charge in [-0.05, 0) is 374 Å². The van der Waals surface area contributed by atoms with Gasteiger partial charge in [0.15, 0.2) is 0 Å². The lowest BCUT2D eigenvalue weighted by Crippen LogP contribution is -2.59. The average molecular weight is 1840 g/mol. The maximum absolute atomic E-state index is 13.0. The SMILES string of the molecule is CC(C)N1CC(N(C)C)C1.CC(C)OCCCN(C)C.CC(C)OCCN(C)C.CC(C)O[C@@H]1CN(C)C[C@H]1C(F)F.CC(C)O[C@H]1CN(C)C[C@@H]1C(F)F.CCC.CN1CCC[C@@H]1COC(C)(C)C.CN1CCC[C@H]1COC(C)(C)C.CN1CC[C@@H](COC(C)(C)C)C1.CN1CC[C@@](F)(CO)C1.CN1CC[C@H](COC(C)(C)C)C1.C[C@H]1CN(C)C[C@@H]1OC(C)(C)C. The van der Waals surface area contributed by atoms with Crippen LogP contribution >= 0.6 is 0 Å². The highest BCUT2D eigenvalue weighted by atomic mass is 19.3. The van der Waals surface area contributed by atoms with E-state index in [9.17, 15) is 22.0 Å². The van der Waals surface area contributed by atoms with Gasteiger partial charge in [0.2, 0.25) is 12.9 Å². The Balaban J connectivity index is -0.00000133. The lowest BCUT2D eigenvalue weighted by atomic mass is 10.1. The smallest absolute Gasteiger partial charge is 0.245 e. The zero-order valence-electron chi connectivity index (χ0n) is 90.8. The fourth-order valence-corrected chi connectivity index (χ4v) is 14.9. The summed E-state index contributed by atoms with van der Waals surface area (Å²) in [4.78, 5) is 26.6. The number of nitrogens with zero attached hydrogens (tertiary/aromatic N) is 12. The van der Waals surface area contributed by atoms with E-state index in [-0.39, 0.29) is 59.0 Å². The first-order valence-electron chi connectivity index (χ1n) is 49.1.